The molecule has 1 saturated carbocycles. The minimum atomic E-state index is 0.0116. The van der Waals surface area contributed by atoms with Crippen LogP contribution in [0, 0.1) is 12.8 Å². The SMILES string of the molecule is Cc1cc(C(=O)NC(C)C2CCCC2)ccc1N. The van der Waals surface area contributed by atoms with Crippen LogP contribution in [0.15, 0.2) is 18.2 Å². The van der Waals surface area contributed by atoms with Crippen LogP contribution < -0.4 is 11.1 Å². The number of carbonyl (C=O) groups is 1. The van der Waals surface area contributed by atoms with Gasteiger partial charge >= 0.3 is 0 Å². The van der Waals surface area contributed by atoms with Crippen LogP contribution in [0.1, 0.15) is 48.5 Å². The van der Waals surface area contributed by atoms with Crippen LogP contribution in [-0.4, -0.2) is 11.9 Å². The highest BCUT2D eigenvalue weighted by Crippen LogP contribution is 2.27. The Morgan fingerprint density at radius 3 is 2.67 bits per heavy atom. The largest absolute Gasteiger partial charge is 0.399 e. The highest BCUT2D eigenvalue weighted by Gasteiger charge is 2.23. The van der Waals surface area contributed by atoms with E-state index < -0.39 is 0 Å². The molecule has 1 amide bonds. The molecule has 0 radical (unpaired) electrons. The molecule has 1 fully saturated rings. The van der Waals surface area contributed by atoms with Gasteiger partial charge in [-0.3, -0.25) is 4.79 Å². The number of carbonyl (C=O) groups excluding carboxylic acids is 1. The Hall–Kier alpha value is -1.51. The topological polar surface area (TPSA) is 55.1 Å². The molecule has 0 aromatic heterocycles. The Balaban J connectivity index is 2.00. The van der Waals surface area contributed by atoms with E-state index in [1.807, 2.05) is 13.0 Å². The van der Waals surface area contributed by atoms with Crippen molar-refractivity contribution in [2.45, 2.75) is 45.6 Å². The zero-order valence-corrected chi connectivity index (χ0v) is 11.2. The fourth-order valence-electron chi connectivity index (χ4n) is 2.68. The van der Waals surface area contributed by atoms with E-state index in [1.54, 1.807) is 12.1 Å². The van der Waals surface area contributed by atoms with Gasteiger partial charge in [0, 0.05) is 17.3 Å². The molecule has 3 nitrogen and oxygen atoms in total. The van der Waals surface area contributed by atoms with E-state index in [4.69, 9.17) is 5.73 Å². The van der Waals surface area contributed by atoms with Crippen molar-refractivity contribution in [2.75, 3.05) is 5.73 Å². The van der Waals surface area contributed by atoms with Crippen LogP contribution in [0.3, 0.4) is 0 Å². The first-order valence-corrected chi connectivity index (χ1v) is 6.75. The normalized spacial score (nSPS) is 17.7. The summed E-state index contributed by atoms with van der Waals surface area (Å²) < 4.78 is 0. The number of nitrogens with one attached hydrogen (secondary N) is 1. The van der Waals surface area contributed by atoms with Crippen molar-refractivity contribution in [3.63, 3.8) is 0 Å². The molecule has 18 heavy (non-hydrogen) atoms. The molecule has 98 valence electrons. The van der Waals surface area contributed by atoms with Crippen LogP contribution >= 0.6 is 0 Å². The Labute approximate surface area is 109 Å². The summed E-state index contributed by atoms with van der Waals surface area (Å²) in [6.07, 6.45) is 5.07. The summed E-state index contributed by atoms with van der Waals surface area (Å²) in [5, 5.41) is 3.11. The minimum absolute atomic E-state index is 0.0116. The third-order valence-electron chi connectivity index (χ3n) is 4.00. The van der Waals surface area contributed by atoms with Crippen molar-refractivity contribution in [3.05, 3.63) is 29.3 Å². The maximum Gasteiger partial charge on any atom is 0.251 e. The fourth-order valence-corrected chi connectivity index (χ4v) is 2.68. The molecule has 3 heteroatoms. The van der Waals surface area contributed by atoms with Gasteiger partial charge in [0.15, 0.2) is 0 Å². The molecule has 1 aromatic rings. The van der Waals surface area contributed by atoms with Gasteiger partial charge in [0.2, 0.25) is 0 Å². The summed E-state index contributed by atoms with van der Waals surface area (Å²) in [6.45, 7) is 4.03. The lowest BCUT2D eigenvalue weighted by molar-refractivity contribution is 0.0927. The molecule has 0 spiro atoms. The van der Waals surface area contributed by atoms with Gasteiger partial charge in [-0.2, -0.15) is 0 Å². The van der Waals surface area contributed by atoms with Gasteiger partial charge in [-0.05, 0) is 56.4 Å². The summed E-state index contributed by atoms with van der Waals surface area (Å²) in [5.41, 5.74) is 8.15. The third-order valence-corrected chi connectivity index (χ3v) is 4.00. The number of hydrogen-bond acceptors (Lipinski definition) is 2. The number of nitrogen functional groups attached to an aromatic ring is 1. The first-order chi connectivity index (χ1) is 8.58. The van der Waals surface area contributed by atoms with Crippen LogP contribution in [0.2, 0.25) is 0 Å². The molecule has 0 bridgehead atoms. The summed E-state index contributed by atoms with van der Waals surface area (Å²) in [4.78, 5) is 12.1. The number of nitrogens with two attached hydrogens (primary N) is 1. The first-order valence-electron chi connectivity index (χ1n) is 6.75. The Morgan fingerprint density at radius 1 is 1.39 bits per heavy atom. The van der Waals surface area contributed by atoms with Crippen molar-refractivity contribution in [1.82, 2.24) is 5.32 Å². The third kappa shape index (κ3) is 2.84. The highest BCUT2D eigenvalue weighted by molar-refractivity contribution is 5.95. The molecule has 1 aliphatic carbocycles. The van der Waals surface area contributed by atoms with Gasteiger partial charge in [-0.25, -0.2) is 0 Å². The second kappa shape index (κ2) is 5.42. The van der Waals surface area contributed by atoms with E-state index in [2.05, 4.69) is 12.2 Å². The van der Waals surface area contributed by atoms with E-state index in [9.17, 15) is 4.79 Å². The van der Waals surface area contributed by atoms with Crippen LogP contribution in [-0.2, 0) is 0 Å². The monoisotopic (exact) mass is 246 g/mol. The standard InChI is InChI=1S/C15H22N2O/c1-10-9-13(7-8-14(10)16)15(18)17-11(2)12-5-3-4-6-12/h7-9,11-12H,3-6,16H2,1-2H3,(H,17,18). The summed E-state index contributed by atoms with van der Waals surface area (Å²) in [7, 11) is 0. The average molecular weight is 246 g/mol. The molecule has 1 unspecified atom stereocenters. The van der Waals surface area contributed by atoms with Gasteiger partial charge in [0.1, 0.15) is 0 Å². The Bertz CT molecular complexity index is 436. The van der Waals surface area contributed by atoms with Crippen molar-refractivity contribution in [3.8, 4) is 0 Å². The Morgan fingerprint density at radius 2 is 2.06 bits per heavy atom. The van der Waals surface area contributed by atoms with Crippen LogP contribution in [0.5, 0.6) is 0 Å². The maximum absolute atomic E-state index is 12.1. The molecule has 1 atom stereocenters. The second-order valence-corrected chi connectivity index (χ2v) is 5.38. The lowest BCUT2D eigenvalue weighted by atomic mass is 9.99. The maximum atomic E-state index is 12.1. The zero-order chi connectivity index (χ0) is 13.1. The lowest BCUT2D eigenvalue weighted by Crippen LogP contribution is -2.37. The van der Waals surface area contributed by atoms with E-state index in [1.165, 1.54) is 25.7 Å². The van der Waals surface area contributed by atoms with Crippen molar-refractivity contribution in [1.29, 1.82) is 0 Å². The smallest absolute Gasteiger partial charge is 0.251 e. The van der Waals surface area contributed by atoms with E-state index in [0.717, 1.165) is 11.3 Å². The predicted octanol–water partition coefficient (Wildman–Crippen LogP) is 2.89. The molecule has 3 N–H and O–H groups in total. The fraction of sp³-hybridized carbons (Fsp3) is 0.533. The van der Waals surface area contributed by atoms with Gasteiger partial charge in [-0.1, -0.05) is 12.8 Å². The average Bonchev–Trinajstić information content (AvgIpc) is 2.86. The number of hydrogen-bond donors (Lipinski definition) is 2. The molecular formula is C15H22N2O. The number of benzene rings is 1. The lowest BCUT2D eigenvalue weighted by Gasteiger charge is -2.20. The molecule has 0 heterocycles. The molecule has 1 aromatic carbocycles. The number of amides is 1. The molecule has 1 aliphatic rings. The number of anilines is 1. The van der Waals surface area contributed by atoms with Crippen molar-refractivity contribution >= 4 is 11.6 Å². The van der Waals surface area contributed by atoms with Gasteiger partial charge in [-0.15, -0.1) is 0 Å². The van der Waals surface area contributed by atoms with Crippen LogP contribution in [0.4, 0.5) is 5.69 Å². The molecule has 2 rings (SSSR count). The Kier molecular flexibility index (Phi) is 3.90. The van der Waals surface area contributed by atoms with E-state index >= 15 is 0 Å². The quantitative estimate of drug-likeness (QED) is 0.806. The van der Waals surface area contributed by atoms with Crippen LogP contribution in [0.25, 0.3) is 0 Å². The number of rotatable bonds is 3. The molecule has 0 saturated heterocycles. The highest BCUT2D eigenvalue weighted by atomic mass is 16.1. The van der Waals surface area contributed by atoms with Gasteiger partial charge in [0.25, 0.3) is 5.91 Å². The van der Waals surface area contributed by atoms with Crippen molar-refractivity contribution < 1.29 is 4.79 Å². The minimum Gasteiger partial charge on any atom is -0.399 e. The predicted molar refractivity (Wildman–Crippen MR) is 74.5 cm³/mol. The van der Waals surface area contributed by atoms with Crippen molar-refractivity contribution in [2.24, 2.45) is 5.92 Å². The molecular weight excluding hydrogens is 224 g/mol. The van der Waals surface area contributed by atoms with E-state index in [0.29, 0.717) is 11.5 Å². The zero-order valence-electron chi connectivity index (χ0n) is 11.2. The number of aryl methyl sites for hydroxylation is 1. The van der Waals surface area contributed by atoms with E-state index in [-0.39, 0.29) is 11.9 Å². The van der Waals surface area contributed by atoms with Gasteiger partial charge in [0.05, 0.1) is 0 Å². The summed E-state index contributed by atoms with van der Waals surface area (Å²) in [5.74, 6) is 0.654. The molecule has 0 aliphatic heterocycles. The summed E-state index contributed by atoms with van der Waals surface area (Å²) >= 11 is 0. The van der Waals surface area contributed by atoms with Gasteiger partial charge < -0.3 is 11.1 Å². The first kappa shape index (κ1) is 12.9. The summed E-state index contributed by atoms with van der Waals surface area (Å²) in [6, 6.07) is 5.70. The second-order valence-electron chi connectivity index (χ2n) is 5.38.